The van der Waals surface area contributed by atoms with E-state index in [1.807, 2.05) is 24.3 Å². The highest BCUT2D eigenvalue weighted by molar-refractivity contribution is 6.04. The van der Waals surface area contributed by atoms with E-state index in [-0.39, 0.29) is 5.69 Å². The molecule has 2 heterocycles. The molecule has 0 aliphatic heterocycles. The molecule has 0 saturated heterocycles. The fourth-order valence-electron chi connectivity index (χ4n) is 1.94. The molecule has 3 rings (SSSR count). The lowest BCUT2D eigenvalue weighted by molar-refractivity contribution is 0.0996. The minimum absolute atomic E-state index is 0.246. The zero-order valence-corrected chi connectivity index (χ0v) is 10.2. The number of amides is 1. The molecule has 2 N–H and O–H groups in total. The molecule has 94 valence electrons. The SMILES string of the molecule is Cc1ncc(-n2nc(C(N)=O)c3ccccc32)cn1. The van der Waals surface area contributed by atoms with E-state index < -0.39 is 5.91 Å². The van der Waals surface area contributed by atoms with Gasteiger partial charge in [-0.25, -0.2) is 14.6 Å². The average Bonchev–Trinajstić information content (AvgIpc) is 2.79. The first-order chi connectivity index (χ1) is 9.16. The monoisotopic (exact) mass is 253 g/mol. The molecule has 0 saturated carbocycles. The molecule has 0 unspecified atom stereocenters. The van der Waals surface area contributed by atoms with Gasteiger partial charge in [-0.15, -0.1) is 0 Å². The zero-order chi connectivity index (χ0) is 13.4. The summed E-state index contributed by atoms with van der Waals surface area (Å²) in [6.07, 6.45) is 3.32. The maximum atomic E-state index is 11.4. The molecular weight excluding hydrogens is 242 g/mol. The number of carbonyl (C=O) groups is 1. The Morgan fingerprint density at radius 3 is 2.58 bits per heavy atom. The van der Waals surface area contributed by atoms with Crippen molar-refractivity contribution in [3.8, 4) is 5.69 Å². The van der Waals surface area contributed by atoms with E-state index in [0.717, 1.165) is 10.9 Å². The van der Waals surface area contributed by atoms with Gasteiger partial charge >= 0.3 is 0 Å². The van der Waals surface area contributed by atoms with Gasteiger partial charge in [-0.05, 0) is 13.0 Å². The summed E-state index contributed by atoms with van der Waals surface area (Å²) in [6, 6.07) is 7.40. The quantitative estimate of drug-likeness (QED) is 0.744. The Hall–Kier alpha value is -2.76. The summed E-state index contributed by atoms with van der Waals surface area (Å²) in [6.45, 7) is 1.81. The van der Waals surface area contributed by atoms with Crippen molar-refractivity contribution in [1.82, 2.24) is 19.7 Å². The molecule has 19 heavy (non-hydrogen) atoms. The molecule has 0 bridgehead atoms. The van der Waals surface area contributed by atoms with E-state index in [9.17, 15) is 4.79 Å². The van der Waals surface area contributed by atoms with Crippen LogP contribution in [0, 0.1) is 6.92 Å². The normalized spacial score (nSPS) is 10.8. The molecule has 0 aliphatic carbocycles. The molecule has 0 atom stereocenters. The Balaban J connectivity index is 2.29. The molecule has 1 aromatic carbocycles. The lowest BCUT2D eigenvalue weighted by atomic mass is 10.2. The van der Waals surface area contributed by atoms with Crippen LogP contribution in [0.5, 0.6) is 0 Å². The fourth-order valence-corrected chi connectivity index (χ4v) is 1.94. The van der Waals surface area contributed by atoms with Crippen LogP contribution in [-0.2, 0) is 0 Å². The third-order valence-electron chi connectivity index (χ3n) is 2.83. The average molecular weight is 253 g/mol. The summed E-state index contributed by atoms with van der Waals surface area (Å²) in [5, 5.41) is 4.97. The lowest BCUT2D eigenvalue weighted by Crippen LogP contribution is -2.12. The molecule has 3 aromatic rings. The van der Waals surface area contributed by atoms with E-state index in [2.05, 4.69) is 15.1 Å². The highest BCUT2D eigenvalue weighted by Gasteiger charge is 2.15. The van der Waals surface area contributed by atoms with Crippen molar-refractivity contribution in [2.75, 3.05) is 0 Å². The van der Waals surface area contributed by atoms with Gasteiger partial charge in [0.2, 0.25) is 0 Å². The second-order valence-electron chi connectivity index (χ2n) is 4.13. The molecule has 0 spiro atoms. The first-order valence-electron chi connectivity index (χ1n) is 5.73. The Kier molecular flexibility index (Phi) is 2.49. The number of aromatic nitrogens is 4. The lowest BCUT2D eigenvalue weighted by Gasteiger charge is -2.02. The summed E-state index contributed by atoms with van der Waals surface area (Å²) in [5.74, 6) is 0.123. The zero-order valence-electron chi connectivity index (χ0n) is 10.2. The van der Waals surface area contributed by atoms with Gasteiger partial charge in [-0.3, -0.25) is 4.79 Å². The largest absolute Gasteiger partial charge is 0.364 e. The number of hydrogen-bond acceptors (Lipinski definition) is 4. The third kappa shape index (κ3) is 1.83. The Morgan fingerprint density at radius 2 is 1.89 bits per heavy atom. The number of fused-ring (bicyclic) bond motifs is 1. The number of hydrogen-bond donors (Lipinski definition) is 1. The van der Waals surface area contributed by atoms with Gasteiger partial charge in [-0.1, -0.05) is 18.2 Å². The highest BCUT2D eigenvalue weighted by atomic mass is 16.1. The van der Waals surface area contributed by atoms with Gasteiger partial charge in [0.25, 0.3) is 5.91 Å². The van der Waals surface area contributed by atoms with Gasteiger partial charge < -0.3 is 5.73 Å². The molecule has 0 radical (unpaired) electrons. The van der Waals surface area contributed by atoms with Crippen molar-refractivity contribution in [2.45, 2.75) is 6.92 Å². The summed E-state index contributed by atoms with van der Waals surface area (Å²) in [4.78, 5) is 19.7. The van der Waals surface area contributed by atoms with Crippen molar-refractivity contribution in [1.29, 1.82) is 0 Å². The van der Waals surface area contributed by atoms with Crippen molar-refractivity contribution >= 4 is 16.8 Å². The van der Waals surface area contributed by atoms with Crippen LogP contribution in [-0.4, -0.2) is 25.7 Å². The van der Waals surface area contributed by atoms with Gasteiger partial charge in [0.15, 0.2) is 5.69 Å². The number of nitrogens with two attached hydrogens (primary N) is 1. The van der Waals surface area contributed by atoms with E-state index >= 15 is 0 Å². The molecular formula is C13H11N5O. The van der Waals surface area contributed by atoms with Gasteiger partial charge in [-0.2, -0.15) is 5.10 Å². The third-order valence-corrected chi connectivity index (χ3v) is 2.83. The molecule has 6 nitrogen and oxygen atoms in total. The van der Waals surface area contributed by atoms with Crippen molar-refractivity contribution < 1.29 is 4.79 Å². The number of benzene rings is 1. The smallest absolute Gasteiger partial charge is 0.269 e. The van der Waals surface area contributed by atoms with E-state index in [1.54, 1.807) is 24.0 Å². The summed E-state index contributed by atoms with van der Waals surface area (Å²) in [7, 11) is 0. The number of para-hydroxylation sites is 1. The minimum Gasteiger partial charge on any atom is -0.364 e. The topological polar surface area (TPSA) is 86.7 Å². The minimum atomic E-state index is -0.553. The standard InChI is InChI=1S/C13H11N5O/c1-8-15-6-9(7-16-8)18-11-5-3-2-4-10(11)12(17-18)13(14)19/h2-7H,1H3,(H2,14,19). The number of carbonyl (C=O) groups excluding carboxylic acids is 1. The summed E-state index contributed by atoms with van der Waals surface area (Å²) >= 11 is 0. The van der Waals surface area contributed by atoms with Gasteiger partial charge in [0, 0.05) is 5.39 Å². The molecule has 0 aliphatic rings. The van der Waals surface area contributed by atoms with Crippen LogP contribution in [0.3, 0.4) is 0 Å². The maximum Gasteiger partial charge on any atom is 0.269 e. The van der Waals surface area contributed by atoms with Crippen LogP contribution in [0.2, 0.25) is 0 Å². The first-order valence-corrected chi connectivity index (χ1v) is 5.73. The summed E-state index contributed by atoms with van der Waals surface area (Å²) < 4.78 is 1.62. The van der Waals surface area contributed by atoms with Crippen LogP contribution in [0.25, 0.3) is 16.6 Å². The predicted octanol–water partition coefficient (Wildman–Crippen LogP) is 1.22. The summed E-state index contributed by atoms with van der Waals surface area (Å²) in [5.41, 5.74) is 7.08. The molecule has 1 amide bonds. The van der Waals surface area contributed by atoms with Gasteiger partial charge in [0.1, 0.15) is 11.5 Å². The fraction of sp³-hybridized carbons (Fsp3) is 0.0769. The van der Waals surface area contributed by atoms with Crippen LogP contribution in [0.1, 0.15) is 16.3 Å². The van der Waals surface area contributed by atoms with E-state index in [1.165, 1.54) is 0 Å². The predicted molar refractivity (Wildman–Crippen MR) is 69.9 cm³/mol. The van der Waals surface area contributed by atoms with Crippen molar-refractivity contribution in [3.63, 3.8) is 0 Å². The van der Waals surface area contributed by atoms with Crippen LogP contribution in [0.4, 0.5) is 0 Å². The Morgan fingerprint density at radius 1 is 1.21 bits per heavy atom. The van der Waals surface area contributed by atoms with Gasteiger partial charge in [0.05, 0.1) is 17.9 Å². The first kappa shape index (κ1) is 11.3. The number of nitrogens with zero attached hydrogens (tertiary/aromatic N) is 4. The second-order valence-corrected chi connectivity index (χ2v) is 4.13. The number of primary amides is 1. The van der Waals surface area contributed by atoms with Crippen LogP contribution < -0.4 is 5.73 Å². The molecule has 2 aromatic heterocycles. The van der Waals surface area contributed by atoms with Crippen molar-refractivity contribution in [2.24, 2.45) is 5.73 Å². The number of aryl methyl sites for hydroxylation is 1. The van der Waals surface area contributed by atoms with Crippen molar-refractivity contribution in [3.05, 3.63) is 48.2 Å². The van der Waals surface area contributed by atoms with Crippen LogP contribution in [0.15, 0.2) is 36.7 Å². The Bertz CT molecular complexity index is 760. The van der Waals surface area contributed by atoms with E-state index in [0.29, 0.717) is 11.5 Å². The Labute approximate surface area is 108 Å². The molecule has 0 fully saturated rings. The maximum absolute atomic E-state index is 11.4. The molecule has 6 heteroatoms. The second kappa shape index (κ2) is 4.16. The number of rotatable bonds is 2. The van der Waals surface area contributed by atoms with Crippen LogP contribution >= 0.6 is 0 Å². The highest BCUT2D eigenvalue weighted by Crippen LogP contribution is 2.21. The van der Waals surface area contributed by atoms with E-state index in [4.69, 9.17) is 5.73 Å².